The van der Waals surface area contributed by atoms with Crippen LogP contribution in [0.3, 0.4) is 0 Å². The maximum absolute atomic E-state index is 12.3. The third-order valence-corrected chi connectivity index (χ3v) is 4.32. The van der Waals surface area contributed by atoms with Crippen molar-refractivity contribution in [1.29, 1.82) is 0 Å². The number of morpholine rings is 1. The summed E-state index contributed by atoms with van der Waals surface area (Å²) in [5.74, 6) is -0.630. The molecule has 1 fully saturated rings. The van der Waals surface area contributed by atoms with E-state index in [2.05, 4.69) is 15.5 Å². The zero-order valence-corrected chi connectivity index (χ0v) is 15.2. The molecule has 0 radical (unpaired) electrons. The quantitative estimate of drug-likeness (QED) is 0.786. The predicted octanol–water partition coefficient (Wildman–Crippen LogP) is 1.79. The normalized spacial score (nSPS) is 13.7. The van der Waals surface area contributed by atoms with Gasteiger partial charge < -0.3 is 25.0 Å². The zero-order chi connectivity index (χ0) is 19.1. The van der Waals surface area contributed by atoms with Crippen molar-refractivity contribution in [3.8, 4) is 5.75 Å². The van der Waals surface area contributed by atoms with Crippen molar-refractivity contribution in [2.45, 2.75) is 6.54 Å². The lowest BCUT2D eigenvalue weighted by atomic mass is 10.2. The number of anilines is 2. The van der Waals surface area contributed by atoms with Gasteiger partial charge in [0, 0.05) is 19.6 Å². The lowest BCUT2D eigenvalue weighted by Crippen LogP contribution is -2.38. The SMILES string of the molecule is COc1ccc(CNC(=O)C(=O)Nc2ccccc2N2CCOCC2)cc1. The van der Waals surface area contributed by atoms with E-state index in [0.29, 0.717) is 18.9 Å². The molecular formula is C20H23N3O4. The van der Waals surface area contributed by atoms with Gasteiger partial charge in [0.25, 0.3) is 0 Å². The van der Waals surface area contributed by atoms with Gasteiger partial charge in [-0.25, -0.2) is 0 Å². The smallest absolute Gasteiger partial charge is 0.313 e. The second kappa shape index (κ2) is 9.05. The third-order valence-electron chi connectivity index (χ3n) is 4.32. The topological polar surface area (TPSA) is 79.9 Å². The van der Waals surface area contributed by atoms with Gasteiger partial charge in [-0.3, -0.25) is 9.59 Å². The van der Waals surface area contributed by atoms with Crippen molar-refractivity contribution < 1.29 is 19.1 Å². The molecule has 0 bridgehead atoms. The molecule has 2 N–H and O–H groups in total. The molecule has 7 heteroatoms. The first kappa shape index (κ1) is 18.7. The Kier molecular flexibility index (Phi) is 6.27. The van der Waals surface area contributed by atoms with Crippen LogP contribution < -0.4 is 20.3 Å². The lowest BCUT2D eigenvalue weighted by molar-refractivity contribution is -0.136. The second-order valence-electron chi connectivity index (χ2n) is 6.10. The van der Waals surface area contributed by atoms with Crippen molar-refractivity contribution in [2.75, 3.05) is 43.6 Å². The van der Waals surface area contributed by atoms with E-state index in [1.165, 1.54) is 0 Å². The van der Waals surface area contributed by atoms with E-state index in [4.69, 9.17) is 9.47 Å². The molecular weight excluding hydrogens is 346 g/mol. The third kappa shape index (κ3) is 4.98. The maximum atomic E-state index is 12.3. The number of hydrogen-bond acceptors (Lipinski definition) is 5. The monoisotopic (exact) mass is 369 g/mol. The largest absolute Gasteiger partial charge is 0.497 e. The summed E-state index contributed by atoms with van der Waals surface area (Å²) in [7, 11) is 1.59. The number of para-hydroxylation sites is 2. The molecule has 0 spiro atoms. The number of rotatable bonds is 5. The molecule has 1 aliphatic heterocycles. The summed E-state index contributed by atoms with van der Waals surface area (Å²) in [5, 5.41) is 5.34. The van der Waals surface area contributed by atoms with Gasteiger partial charge in [0.2, 0.25) is 0 Å². The number of benzene rings is 2. The summed E-state index contributed by atoms with van der Waals surface area (Å²) >= 11 is 0. The highest BCUT2D eigenvalue weighted by Gasteiger charge is 2.18. The summed E-state index contributed by atoms with van der Waals surface area (Å²) in [6.07, 6.45) is 0. The average Bonchev–Trinajstić information content (AvgIpc) is 2.73. The molecule has 0 aromatic heterocycles. The number of nitrogens with zero attached hydrogens (tertiary/aromatic N) is 1. The molecule has 27 heavy (non-hydrogen) atoms. The van der Waals surface area contributed by atoms with Crippen LogP contribution >= 0.6 is 0 Å². The molecule has 2 amide bonds. The summed E-state index contributed by atoms with van der Waals surface area (Å²) in [6, 6.07) is 14.7. The first-order valence-electron chi connectivity index (χ1n) is 8.81. The molecule has 0 unspecified atom stereocenters. The number of carbonyl (C=O) groups is 2. The number of carbonyl (C=O) groups excluding carboxylic acids is 2. The Morgan fingerprint density at radius 2 is 1.74 bits per heavy atom. The van der Waals surface area contributed by atoms with Crippen LogP contribution in [0, 0.1) is 0 Å². The van der Waals surface area contributed by atoms with Crippen LogP contribution in [-0.2, 0) is 20.9 Å². The highest BCUT2D eigenvalue weighted by atomic mass is 16.5. The van der Waals surface area contributed by atoms with E-state index >= 15 is 0 Å². The average molecular weight is 369 g/mol. The lowest BCUT2D eigenvalue weighted by Gasteiger charge is -2.30. The minimum atomic E-state index is -0.691. The molecule has 1 aliphatic rings. The van der Waals surface area contributed by atoms with Gasteiger partial charge in [-0.1, -0.05) is 24.3 Å². The van der Waals surface area contributed by atoms with Crippen LogP contribution in [0.1, 0.15) is 5.56 Å². The summed E-state index contributed by atoms with van der Waals surface area (Å²) < 4.78 is 10.5. The van der Waals surface area contributed by atoms with Crippen LogP contribution in [0.2, 0.25) is 0 Å². The van der Waals surface area contributed by atoms with Crippen molar-refractivity contribution in [3.05, 3.63) is 54.1 Å². The number of hydrogen-bond donors (Lipinski definition) is 2. The van der Waals surface area contributed by atoms with E-state index in [0.717, 1.165) is 30.1 Å². The summed E-state index contributed by atoms with van der Waals surface area (Å²) in [4.78, 5) is 26.6. The molecule has 7 nitrogen and oxygen atoms in total. The van der Waals surface area contributed by atoms with Gasteiger partial charge in [-0.05, 0) is 29.8 Å². The molecule has 2 aromatic carbocycles. The highest BCUT2D eigenvalue weighted by Crippen LogP contribution is 2.26. The fraction of sp³-hybridized carbons (Fsp3) is 0.300. The first-order chi connectivity index (χ1) is 13.2. The van der Waals surface area contributed by atoms with Gasteiger partial charge in [0.15, 0.2) is 0 Å². The van der Waals surface area contributed by atoms with E-state index < -0.39 is 11.8 Å². The van der Waals surface area contributed by atoms with Gasteiger partial charge in [-0.15, -0.1) is 0 Å². The van der Waals surface area contributed by atoms with Gasteiger partial charge >= 0.3 is 11.8 Å². The van der Waals surface area contributed by atoms with Crippen molar-refractivity contribution >= 4 is 23.2 Å². The number of methoxy groups -OCH3 is 1. The summed E-state index contributed by atoms with van der Waals surface area (Å²) in [6.45, 7) is 3.05. The second-order valence-corrected chi connectivity index (χ2v) is 6.10. The fourth-order valence-electron chi connectivity index (χ4n) is 2.84. The molecule has 1 heterocycles. The van der Waals surface area contributed by atoms with E-state index in [1.807, 2.05) is 30.3 Å². The molecule has 0 atom stereocenters. The van der Waals surface area contributed by atoms with Crippen LogP contribution in [0.15, 0.2) is 48.5 Å². The Balaban J connectivity index is 1.58. The summed E-state index contributed by atoms with van der Waals surface area (Å²) in [5.41, 5.74) is 2.38. The Labute approximate surface area is 158 Å². The minimum Gasteiger partial charge on any atom is -0.497 e. The van der Waals surface area contributed by atoms with Crippen LogP contribution in [-0.4, -0.2) is 45.2 Å². The molecule has 142 valence electrons. The van der Waals surface area contributed by atoms with Crippen LogP contribution in [0.5, 0.6) is 5.75 Å². The van der Waals surface area contributed by atoms with Crippen molar-refractivity contribution in [2.24, 2.45) is 0 Å². The highest BCUT2D eigenvalue weighted by molar-refractivity contribution is 6.39. The Morgan fingerprint density at radius 3 is 2.44 bits per heavy atom. The number of nitrogens with one attached hydrogen (secondary N) is 2. The van der Waals surface area contributed by atoms with E-state index in [-0.39, 0.29) is 6.54 Å². The van der Waals surface area contributed by atoms with Crippen LogP contribution in [0.4, 0.5) is 11.4 Å². The fourth-order valence-corrected chi connectivity index (χ4v) is 2.84. The van der Waals surface area contributed by atoms with Gasteiger partial charge in [-0.2, -0.15) is 0 Å². The first-order valence-corrected chi connectivity index (χ1v) is 8.81. The van der Waals surface area contributed by atoms with Crippen molar-refractivity contribution in [1.82, 2.24) is 5.32 Å². The van der Waals surface area contributed by atoms with Crippen LogP contribution in [0.25, 0.3) is 0 Å². The maximum Gasteiger partial charge on any atom is 0.313 e. The molecule has 3 rings (SSSR count). The Hall–Kier alpha value is -3.06. The molecule has 2 aromatic rings. The van der Waals surface area contributed by atoms with E-state index in [9.17, 15) is 9.59 Å². The van der Waals surface area contributed by atoms with E-state index in [1.54, 1.807) is 25.3 Å². The number of amides is 2. The number of ether oxygens (including phenoxy) is 2. The Bertz CT molecular complexity index is 786. The van der Waals surface area contributed by atoms with Gasteiger partial charge in [0.05, 0.1) is 31.7 Å². The standard InChI is InChI=1S/C20H23N3O4/c1-26-16-8-6-15(7-9-16)14-21-19(24)20(25)22-17-4-2-3-5-18(17)23-10-12-27-13-11-23/h2-9H,10-14H2,1H3,(H,21,24)(H,22,25). The molecule has 1 saturated heterocycles. The molecule has 0 saturated carbocycles. The Morgan fingerprint density at radius 1 is 1.04 bits per heavy atom. The molecule has 0 aliphatic carbocycles. The minimum absolute atomic E-state index is 0.265. The van der Waals surface area contributed by atoms with Gasteiger partial charge in [0.1, 0.15) is 5.75 Å². The predicted molar refractivity (Wildman–Crippen MR) is 103 cm³/mol. The van der Waals surface area contributed by atoms with Crippen molar-refractivity contribution in [3.63, 3.8) is 0 Å². The zero-order valence-electron chi connectivity index (χ0n) is 15.2.